The minimum Gasteiger partial charge on any atom is -0.394 e. The summed E-state index contributed by atoms with van der Waals surface area (Å²) in [6.07, 6.45) is -0.0743. The summed E-state index contributed by atoms with van der Waals surface area (Å²) < 4.78 is 5.36. The van der Waals surface area contributed by atoms with Crippen molar-refractivity contribution in [3.8, 4) is 11.5 Å². The van der Waals surface area contributed by atoms with Gasteiger partial charge in [0.15, 0.2) is 5.60 Å². The van der Waals surface area contributed by atoms with Gasteiger partial charge in [-0.1, -0.05) is 39.8 Å². The SMILES string of the molecule is CC1(C#C[Si](C)(C)C(C)(C)C)OC1CO. The Morgan fingerprint density at radius 3 is 2.27 bits per heavy atom. The lowest BCUT2D eigenvalue weighted by Gasteiger charge is -2.31. The first kappa shape index (κ1) is 12.8. The summed E-state index contributed by atoms with van der Waals surface area (Å²) in [5, 5.41) is 9.23. The van der Waals surface area contributed by atoms with Crippen LogP contribution in [0.1, 0.15) is 27.7 Å². The molecule has 3 heteroatoms. The summed E-state index contributed by atoms with van der Waals surface area (Å²) in [5.41, 5.74) is 3.03. The normalized spacial score (nSPS) is 30.7. The number of ether oxygens (including phenoxy) is 1. The van der Waals surface area contributed by atoms with Gasteiger partial charge in [-0.3, -0.25) is 0 Å². The molecule has 2 nitrogen and oxygen atoms in total. The Balaban J connectivity index is 2.75. The highest BCUT2D eigenvalue weighted by Crippen LogP contribution is 2.38. The zero-order valence-electron chi connectivity index (χ0n) is 10.6. The molecule has 2 unspecified atom stereocenters. The van der Waals surface area contributed by atoms with Gasteiger partial charge >= 0.3 is 0 Å². The number of hydrogen-bond acceptors (Lipinski definition) is 2. The first-order valence-electron chi connectivity index (χ1n) is 5.45. The molecule has 0 radical (unpaired) electrons. The van der Waals surface area contributed by atoms with Gasteiger partial charge in [0, 0.05) is 0 Å². The number of aliphatic hydroxyl groups is 1. The minimum absolute atomic E-state index is 0.0721. The molecule has 1 heterocycles. The molecule has 1 fully saturated rings. The van der Waals surface area contributed by atoms with Crippen molar-refractivity contribution in [3.63, 3.8) is 0 Å². The number of hydrogen-bond donors (Lipinski definition) is 1. The molecule has 2 atom stereocenters. The lowest BCUT2D eigenvalue weighted by atomic mass is 10.1. The van der Waals surface area contributed by atoms with Gasteiger partial charge in [-0.2, -0.15) is 0 Å². The second-order valence-corrected chi connectivity index (χ2v) is 11.0. The van der Waals surface area contributed by atoms with Gasteiger partial charge in [0.2, 0.25) is 0 Å². The van der Waals surface area contributed by atoms with E-state index >= 15 is 0 Å². The van der Waals surface area contributed by atoms with Crippen LogP contribution in [-0.2, 0) is 4.74 Å². The topological polar surface area (TPSA) is 32.8 Å². The Morgan fingerprint density at radius 2 is 1.93 bits per heavy atom. The Bertz CT molecular complexity index is 306. The van der Waals surface area contributed by atoms with Gasteiger partial charge in [-0.25, -0.2) is 0 Å². The van der Waals surface area contributed by atoms with Crippen LogP contribution in [0.25, 0.3) is 0 Å². The Kier molecular flexibility index (Phi) is 3.08. The molecule has 0 aromatic carbocycles. The van der Waals surface area contributed by atoms with Gasteiger partial charge < -0.3 is 9.84 Å². The molecule has 1 saturated heterocycles. The molecule has 1 rings (SSSR count). The Morgan fingerprint density at radius 1 is 1.40 bits per heavy atom. The lowest BCUT2D eigenvalue weighted by molar-refractivity contribution is 0.240. The van der Waals surface area contributed by atoms with Gasteiger partial charge in [0.1, 0.15) is 14.2 Å². The van der Waals surface area contributed by atoms with Crippen LogP contribution in [0.5, 0.6) is 0 Å². The summed E-state index contributed by atoms with van der Waals surface area (Å²) >= 11 is 0. The van der Waals surface area contributed by atoms with Crippen molar-refractivity contribution in [1.82, 2.24) is 0 Å². The van der Waals surface area contributed by atoms with Gasteiger partial charge in [0.05, 0.1) is 6.61 Å². The monoisotopic (exact) mass is 226 g/mol. The molecule has 0 bridgehead atoms. The molecule has 1 N–H and O–H groups in total. The number of rotatable bonds is 1. The van der Waals surface area contributed by atoms with Crippen molar-refractivity contribution in [2.75, 3.05) is 6.61 Å². The van der Waals surface area contributed by atoms with Crippen LogP contribution < -0.4 is 0 Å². The van der Waals surface area contributed by atoms with Crippen molar-refractivity contribution >= 4 is 8.07 Å². The fourth-order valence-corrected chi connectivity index (χ4v) is 1.99. The fraction of sp³-hybridized carbons (Fsp3) is 0.833. The summed E-state index contributed by atoms with van der Waals surface area (Å²) in [5.74, 6) is 3.21. The fourth-order valence-electron chi connectivity index (χ4n) is 1.05. The predicted molar refractivity (Wildman–Crippen MR) is 65.3 cm³/mol. The van der Waals surface area contributed by atoms with E-state index in [1.165, 1.54) is 0 Å². The van der Waals surface area contributed by atoms with Crippen molar-refractivity contribution < 1.29 is 9.84 Å². The quantitative estimate of drug-likeness (QED) is 0.422. The largest absolute Gasteiger partial charge is 0.394 e. The van der Waals surface area contributed by atoms with E-state index < -0.39 is 8.07 Å². The van der Waals surface area contributed by atoms with Crippen molar-refractivity contribution in [1.29, 1.82) is 0 Å². The van der Waals surface area contributed by atoms with Crippen LogP contribution in [0.3, 0.4) is 0 Å². The van der Waals surface area contributed by atoms with Crippen LogP contribution in [0.4, 0.5) is 0 Å². The summed E-state index contributed by atoms with van der Waals surface area (Å²) in [4.78, 5) is 0. The van der Waals surface area contributed by atoms with E-state index in [9.17, 15) is 0 Å². The molecule has 15 heavy (non-hydrogen) atoms. The molecule has 0 saturated carbocycles. The molecule has 0 aromatic heterocycles. The van der Waals surface area contributed by atoms with Crippen LogP contribution in [0.15, 0.2) is 0 Å². The third kappa shape index (κ3) is 2.63. The third-order valence-electron chi connectivity index (χ3n) is 3.61. The molecule has 0 aliphatic carbocycles. The second kappa shape index (κ2) is 3.62. The van der Waals surface area contributed by atoms with Crippen LogP contribution >= 0.6 is 0 Å². The number of epoxide rings is 1. The average Bonchev–Trinajstić information content (AvgIpc) is 2.73. The average molecular weight is 226 g/mol. The Hall–Kier alpha value is -0.303. The van der Waals surface area contributed by atoms with E-state index in [2.05, 4.69) is 45.3 Å². The molecule has 86 valence electrons. The smallest absolute Gasteiger partial charge is 0.154 e. The van der Waals surface area contributed by atoms with E-state index in [0.717, 1.165) is 0 Å². The predicted octanol–water partition coefficient (Wildman–Crippen LogP) is 2.19. The molecule has 0 aromatic rings. The first-order valence-corrected chi connectivity index (χ1v) is 8.45. The molecular weight excluding hydrogens is 204 g/mol. The van der Waals surface area contributed by atoms with E-state index in [1.807, 2.05) is 6.92 Å². The molecule has 1 aliphatic heterocycles. The highest BCUT2D eigenvalue weighted by molar-refractivity contribution is 6.87. The van der Waals surface area contributed by atoms with Crippen molar-refractivity contribution in [2.24, 2.45) is 0 Å². The van der Waals surface area contributed by atoms with E-state index in [0.29, 0.717) is 0 Å². The van der Waals surface area contributed by atoms with Gasteiger partial charge in [-0.05, 0) is 12.0 Å². The maximum Gasteiger partial charge on any atom is 0.154 e. The molecule has 0 amide bonds. The minimum atomic E-state index is -1.54. The zero-order valence-corrected chi connectivity index (χ0v) is 11.6. The second-order valence-electron chi connectivity index (χ2n) is 6.02. The highest BCUT2D eigenvalue weighted by Gasteiger charge is 2.51. The van der Waals surface area contributed by atoms with Crippen molar-refractivity contribution in [2.45, 2.75) is 57.5 Å². The zero-order chi connectivity index (χ0) is 11.9. The Labute approximate surface area is 94.0 Å². The molecule has 1 aliphatic rings. The summed E-state index contributed by atoms with van der Waals surface area (Å²) in [6, 6.07) is 0. The summed E-state index contributed by atoms with van der Waals surface area (Å²) in [7, 11) is -1.54. The van der Waals surface area contributed by atoms with Crippen LogP contribution in [0, 0.1) is 11.5 Å². The summed E-state index contributed by atoms with van der Waals surface area (Å²) in [6.45, 7) is 13.3. The maximum atomic E-state index is 8.95. The van der Waals surface area contributed by atoms with Gasteiger partial charge in [0.25, 0.3) is 0 Å². The number of aliphatic hydroxyl groups excluding tert-OH is 1. The first-order chi connectivity index (χ1) is 6.62. The maximum absolute atomic E-state index is 8.95. The van der Waals surface area contributed by atoms with Crippen LogP contribution in [-0.4, -0.2) is 31.5 Å². The van der Waals surface area contributed by atoms with E-state index in [4.69, 9.17) is 9.84 Å². The molecular formula is C12H22O2Si. The third-order valence-corrected chi connectivity index (χ3v) is 8.11. The highest BCUT2D eigenvalue weighted by atomic mass is 28.3. The standard InChI is InChI=1S/C12H22O2Si/c1-11(2,3)15(5,6)8-7-12(4)10(9-13)14-12/h10,13H,9H2,1-6H3. The molecule has 0 spiro atoms. The van der Waals surface area contributed by atoms with Crippen LogP contribution in [0.2, 0.25) is 18.1 Å². The van der Waals surface area contributed by atoms with Gasteiger partial charge in [-0.15, -0.1) is 5.54 Å². The van der Waals surface area contributed by atoms with Crippen molar-refractivity contribution in [3.05, 3.63) is 0 Å². The van der Waals surface area contributed by atoms with E-state index in [-0.39, 0.29) is 23.4 Å². The van der Waals surface area contributed by atoms with E-state index in [1.54, 1.807) is 0 Å². The lowest BCUT2D eigenvalue weighted by Crippen LogP contribution is -2.36.